The van der Waals surface area contributed by atoms with Gasteiger partial charge in [0.2, 0.25) is 5.91 Å². The number of hydrogen-bond acceptors (Lipinski definition) is 3. The first-order chi connectivity index (χ1) is 18.1. The molecule has 0 radical (unpaired) electrons. The molecule has 0 spiro atoms. The van der Waals surface area contributed by atoms with Crippen LogP contribution >= 0.6 is 23.4 Å². The zero-order chi connectivity index (χ0) is 26.9. The molecule has 3 fully saturated rings. The van der Waals surface area contributed by atoms with Crippen LogP contribution in [0.4, 0.5) is 18.9 Å². The van der Waals surface area contributed by atoms with Gasteiger partial charge in [-0.2, -0.15) is 13.2 Å². The summed E-state index contributed by atoms with van der Waals surface area (Å²) in [6.07, 6.45) is 3.40. The highest BCUT2D eigenvalue weighted by Gasteiger charge is 2.47. The Bertz CT molecular complexity index is 1100. The minimum absolute atomic E-state index is 0.0812. The van der Waals surface area contributed by atoms with Gasteiger partial charge in [-0.05, 0) is 78.9 Å². The van der Waals surface area contributed by atoms with Gasteiger partial charge >= 0.3 is 5.51 Å². The van der Waals surface area contributed by atoms with E-state index in [1.165, 1.54) is 5.69 Å². The molecule has 1 amide bonds. The Morgan fingerprint density at radius 2 is 1.68 bits per heavy atom. The summed E-state index contributed by atoms with van der Waals surface area (Å²) in [6.45, 7) is 6.80. The molecule has 0 saturated carbocycles. The average Bonchev–Trinajstić information content (AvgIpc) is 3.39. The molecule has 3 aliphatic heterocycles. The molecule has 0 aliphatic carbocycles. The highest BCUT2D eigenvalue weighted by molar-refractivity contribution is 8.00. The van der Waals surface area contributed by atoms with E-state index in [9.17, 15) is 18.0 Å². The molecule has 3 aliphatic rings. The second kappa shape index (κ2) is 11.3. The second-order valence-electron chi connectivity index (χ2n) is 11.6. The Kier molecular flexibility index (Phi) is 8.22. The lowest BCUT2D eigenvalue weighted by molar-refractivity contribution is -0.899. The first-order valence-electron chi connectivity index (χ1n) is 13.5. The van der Waals surface area contributed by atoms with E-state index in [1.54, 1.807) is 24.3 Å². The maximum absolute atomic E-state index is 13.2. The van der Waals surface area contributed by atoms with E-state index in [-0.39, 0.29) is 22.6 Å². The van der Waals surface area contributed by atoms with Gasteiger partial charge in [-0.1, -0.05) is 23.7 Å². The minimum Gasteiger partial charge on any atom is -0.370 e. The average molecular weight is 567 g/mol. The van der Waals surface area contributed by atoms with Crippen molar-refractivity contribution in [2.24, 2.45) is 17.8 Å². The normalized spacial score (nSPS) is 27.6. The molecule has 9 heteroatoms. The van der Waals surface area contributed by atoms with Crippen molar-refractivity contribution in [1.82, 2.24) is 4.90 Å². The fourth-order valence-electron chi connectivity index (χ4n) is 6.75. The molecule has 3 atom stereocenters. The number of carbonyl (C=O) groups is 1. The third-order valence-electron chi connectivity index (χ3n) is 8.54. The van der Waals surface area contributed by atoms with Crippen molar-refractivity contribution in [3.05, 3.63) is 59.1 Å². The maximum Gasteiger partial charge on any atom is 0.446 e. The summed E-state index contributed by atoms with van der Waals surface area (Å²) in [5, 5.41) is 0.764. The Morgan fingerprint density at radius 3 is 2.32 bits per heavy atom. The van der Waals surface area contributed by atoms with Gasteiger partial charge in [-0.15, -0.1) is 0 Å². The van der Waals surface area contributed by atoms with Crippen molar-refractivity contribution in [1.29, 1.82) is 0 Å². The summed E-state index contributed by atoms with van der Waals surface area (Å²) in [5.74, 6) is 1.91. The van der Waals surface area contributed by atoms with Gasteiger partial charge in [-0.25, -0.2) is 0 Å². The van der Waals surface area contributed by atoms with Crippen molar-refractivity contribution >= 4 is 35.0 Å². The van der Waals surface area contributed by atoms with Crippen LogP contribution < -0.4 is 4.90 Å². The standard InChI is InChI=1S/C29H36ClF3N3OS/c1-36(19-23-17-35(18-24(23)20-36)26-8-6-25(30)7-9-26)14-12-28(37)34-13-2-3-22(16-34)15-21-4-10-27(11-5-21)38-29(31,32)33/h4-11,22-24H,2-3,12-20H2,1H3/q+1/t22-,23?,24?,36?/m1/s1. The van der Waals surface area contributed by atoms with Crippen LogP contribution in [0, 0.1) is 17.8 Å². The smallest absolute Gasteiger partial charge is 0.370 e. The molecule has 2 aromatic rings. The number of amides is 1. The van der Waals surface area contributed by atoms with E-state index in [4.69, 9.17) is 11.6 Å². The van der Waals surface area contributed by atoms with Crippen molar-refractivity contribution < 1.29 is 22.4 Å². The number of halogens is 4. The van der Waals surface area contributed by atoms with E-state index in [0.717, 1.165) is 80.1 Å². The number of alkyl halides is 3. The number of fused-ring (bicyclic) bond motifs is 1. The number of carbonyl (C=O) groups excluding carboxylic acids is 1. The Hall–Kier alpha value is -1.90. The van der Waals surface area contributed by atoms with Crippen LogP contribution in [0.3, 0.4) is 0 Å². The fourth-order valence-corrected chi connectivity index (χ4v) is 7.41. The number of likely N-dealkylation sites (tertiary alicyclic amines) is 2. The molecule has 38 heavy (non-hydrogen) atoms. The molecule has 3 saturated heterocycles. The largest absolute Gasteiger partial charge is 0.446 e. The van der Waals surface area contributed by atoms with Crippen molar-refractivity contribution in [2.45, 2.75) is 36.1 Å². The molecular weight excluding hydrogens is 531 g/mol. The first-order valence-corrected chi connectivity index (χ1v) is 14.7. The van der Waals surface area contributed by atoms with Crippen LogP contribution in [0.15, 0.2) is 53.4 Å². The summed E-state index contributed by atoms with van der Waals surface area (Å²) in [4.78, 5) is 17.9. The van der Waals surface area contributed by atoms with Crippen LogP contribution in [0.2, 0.25) is 5.02 Å². The van der Waals surface area contributed by atoms with Crippen molar-refractivity contribution in [2.75, 3.05) is 57.8 Å². The van der Waals surface area contributed by atoms with Crippen molar-refractivity contribution in [3.8, 4) is 0 Å². The molecule has 206 valence electrons. The number of benzene rings is 2. The number of rotatable bonds is 7. The maximum atomic E-state index is 13.2. The van der Waals surface area contributed by atoms with Crippen molar-refractivity contribution in [3.63, 3.8) is 0 Å². The summed E-state index contributed by atoms with van der Waals surface area (Å²) < 4.78 is 38.7. The Balaban J connectivity index is 1.08. The number of thioether (sulfide) groups is 1. The van der Waals surface area contributed by atoms with Crippen LogP contribution in [0.5, 0.6) is 0 Å². The molecule has 0 bridgehead atoms. The van der Waals surface area contributed by atoms with E-state index in [2.05, 4.69) is 24.1 Å². The van der Waals surface area contributed by atoms with E-state index in [0.29, 0.717) is 24.2 Å². The van der Waals surface area contributed by atoms with Gasteiger partial charge in [-0.3, -0.25) is 4.79 Å². The zero-order valence-electron chi connectivity index (χ0n) is 21.8. The topological polar surface area (TPSA) is 23.6 Å². The minimum atomic E-state index is -4.27. The third-order valence-corrected chi connectivity index (χ3v) is 9.53. The Morgan fingerprint density at radius 1 is 1.03 bits per heavy atom. The lowest BCUT2D eigenvalue weighted by Gasteiger charge is -2.35. The molecule has 0 N–H and O–H groups in total. The molecular formula is C29H36ClF3N3OS+. The molecule has 3 heterocycles. The molecule has 2 unspecified atom stereocenters. The SMILES string of the molecule is C[N+]1(CCC(=O)N2CCC[C@H](Cc3ccc(SC(F)(F)F)cc3)C2)CC2CN(c3ccc(Cl)cc3)CC2C1. The van der Waals surface area contributed by atoms with E-state index in [1.807, 2.05) is 17.0 Å². The number of nitrogens with zero attached hydrogens (tertiary/aromatic N) is 3. The Labute approximate surface area is 232 Å². The number of piperidine rings is 1. The summed E-state index contributed by atoms with van der Waals surface area (Å²) in [6, 6.07) is 14.8. The van der Waals surface area contributed by atoms with Gasteiger partial charge in [0.05, 0.1) is 33.1 Å². The van der Waals surface area contributed by atoms with E-state index >= 15 is 0 Å². The van der Waals surface area contributed by atoms with Crippen LogP contribution in [0.25, 0.3) is 0 Å². The quantitative estimate of drug-likeness (QED) is 0.289. The lowest BCUT2D eigenvalue weighted by Crippen LogP contribution is -2.47. The zero-order valence-corrected chi connectivity index (χ0v) is 23.4. The fraction of sp³-hybridized carbons (Fsp3) is 0.552. The molecule has 5 rings (SSSR count). The first kappa shape index (κ1) is 27.7. The lowest BCUT2D eigenvalue weighted by atomic mass is 9.91. The highest BCUT2D eigenvalue weighted by Crippen LogP contribution is 2.38. The molecule has 2 aromatic carbocycles. The van der Waals surface area contributed by atoms with Crippen LogP contribution in [-0.4, -0.2) is 73.7 Å². The summed E-state index contributed by atoms with van der Waals surface area (Å²) >= 11 is 5.97. The van der Waals surface area contributed by atoms with Crippen LogP contribution in [-0.2, 0) is 11.2 Å². The number of anilines is 1. The van der Waals surface area contributed by atoms with Gasteiger partial charge in [0.25, 0.3) is 0 Å². The third kappa shape index (κ3) is 6.99. The summed E-state index contributed by atoms with van der Waals surface area (Å²) in [7, 11) is 2.30. The van der Waals surface area contributed by atoms with Gasteiger partial charge in [0.1, 0.15) is 0 Å². The van der Waals surface area contributed by atoms with Gasteiger partial charge in [0, 0.05) is 53.6 Å². The predicted molar refractivity (Wildman–Crippen MR) is 147 cm³/mol. The van der Waals surface area contributed by atoms with E-state index < -0.39 is 5.51 Å². The summed E-state index contributed by atoms with van der Waals surface area (Å²) in [5.41, 5.74) is -1.99. The monoisotopic (exact) mass is 566 g/mol. The van der Waals surface area contributed by atoms with Gasteiger partial charge in [0.15, 0.2) is 0 Å². The number of quaternary nitrogens is 1. The number of hydrogen-bond donors (Lipinski definition) is 0. The van der Waals surface area contributed by atoms with Crippen LogP contribution in [0.1, 0.15) is 24.8 Å². The highest BCUT2D eigenvalue weighted by atomic mass is 35.5. The second-order valence-corrected chi connectivity index (χ2v) is 13.2. The molecule has 0 aromatic heterocycles. The molecule has 4 nitrogen and oxygen atoms in total. The predicted octanol–water partition coefficient (Wildman–Crippen LogP) is 6.34. The van der Waals surface area contributed by atoms with Gasteiger partial charge < -0.3 is 14.3 Å².